The molecule has 1 aromatic carbocycles. The summed E-state index contributed by atoms with van der Waals surface area (Å²) in [4.78, 5) is 50.0. The summed E-state index contributed by atoms with van der Waals surface area (Å²) in [5.41, 5.74) is 0.457. The third kappa shape index (κ3) is 4.04. The molecule has 0 spiro atoms. The van der Waals surface area contributed by atoms with Gasteiger partial charge in [0.05, 0.1) is 6.04 Å². The first-order valence-corrected chi connectivity index (χ1v) is 10.5. The van der Waals surface area contributed by atoms with Crippen LogP contribution >= 0.6 is 0 Å². The van der Waals surface area contributed by atoms with E-state index in [1.807, 2.05) is 0 Å². The second kappa shape index (κ2) is 7.95. The van der Waals surface area contributed by atoms with Crippen LogP contribution in [0.2, 0.25) is 0 Å². The molecular formula is C23H24N2O8. The van der Waals surface area contributed by atoms with Crippen molar-refractivity contribution in [3.05, 3.63) is 47.2 Å². The van der Waals surface area contributed by atoms with Crippen LogP contribution in [0.4, 0.5) is 9.59 Å². The third-order valence-electron chi connectivity index (χ3n) is 5.83. The Morgan fingerprint density at radius 2 is 1.76 bits per heavy atom. The summed E-state index contributed by atoms with van der Waals surface area (Å²) in [6.07, 6.45) is 1.81. The number of carboxylic acids is 1. The number of ether oxygens (including phenoxy) is 2. The van der Waals surface area contributed by atoms with E-state index in [9.17, 15) is 29.4 Å². The maximum atomic E-state index is 12.6. The van der Waals surface area contributed by atoms with Crippen molar-refractivity contribution in [2.45, 2.75) is 44.9 Å². The molecule has 2 amide bonds. The lowest BCUT2D eigenvalue weighted by Crippen LogP contribution is -2.73. The Morgan fingerprint density at radius 3 is 2.33 bits per heavy atom. The second-order valence-corrected chi connectivity index (χ2v) is 9.09. The number of carbonyl (C=O) groups excluding carboxylic acids is 2. The molecule has 174 valence electrons. The largest absolute Gasteiger partial charge is 0.514 e. The van der Waals surface area contributed by atoms with Crippen molar-refractivity contribution in [2.24, 2.45) is 5.92 Å². The lowest BCUT2D eigenvalue weighted by molar-refractivity contribution is -0.161. The molecule has 1 unspecified atom stereocenters. The minimum Gasteiger partial charge on any atom is -0.477 e. The SMILES string of the molecule is CC(C)(C)OC(=O)Oc1ccc(/C=C/C2=C(C(=O)O)N3C(=O)[C@@H]4[C@H]3C2CCN4C(=O)O)cc1. The molecule has 2 fully saturated rings. The van der Waals surface area contributed by atoms with Crippen LogP contribution in [0.5, 0.6) is 5.75 Å². The third-order valence-corrected chi connectivity index (χ3v) is 5.83. The number of likely N-dealkylation sites (tertiary alicyclic amines) is 1. The molecule has 33 heavy (non-hydrogen) atoms. The number of benzene rings is 1. The van der Waals surface area contributed by atoms with Crippen molar-refractivity contribution in [1.82, 2.24) is 9.80 Å². The van der Waals surface area contributed by atoms with Crippen molar-refractivity contribution in [2.75, 3.05) is 6.54 Å². The Morgan fingerprint density at radius 1 is 1.09 bits per heavy atom. The summed E-state index contributed by atoms with van der Waals surface area (Å²) in [6.45, 7) is 5.36. The molecule has 0 radical (unpaired) electrons. The molecule has 3 aliphatic heterocycles. The smallest absolute Gasteiger partial charge is 0.477 e. The van der Waals surface area contributed by atoms with E-state index in [2.05, 4.69) is 0 Å². The van der Waals surface area contributed by atoms with Gasteiger partial charge in [-0.1, -0.05) is 24.3 Å². The van der Waals surface area contributed by atoms with Gasteiger partial charge in [-0.2, -0.15) is 0 Å². The van der Waals surface area contributed by atoms with E-state index in [4.69, 9.17) is 9.47 Å². The number of carbonyl (C=O) groups is 4. The molecule has 2 N–H and O–H groups in total. The van der Waals surface area contributed by atoms with Crippen molar-refractivity contribution in [3.63, 3.8) is 0 Å². The number of amides is 2. The van der Waals surface area contributed by atoms with Gasteiger partial charge in [0.1, 0.15) is 23.1 Å². The minimum absolute atomic E-state index is 0.0976. The molecule has 0 saturated carbocycles. The maximum Gasteiger partial charge on any atom is 0.514 e. The average molecular weight is 456 g/mol. The minimum atomic E-state index is -1.22. The topological polar surface area (TPSA) is 134 Å². The molecule has 0 aliphatic carbocycles. The van der Waals surface area contributed by atoms with Crippen LogP contribution in [-0.2, 0) is 14.3 Å². The summed E-state index contributed by atoms with van der Waals surface area (Å²) in [5.74, 6) is -1.68. The summed E-state index contributed by atoms with van der Waals surface area (Å²) >= 11 is 0. The number of β-lactam (4-membered cyclic amide) rings is 1. The van der Waals surface area contributed by atoms with Crippen molar-refractivity contribution in [1.29, 1.82) is 0 Å². The average Bonchev–Trinajstić information content (AvgIpc) is 3.04. The number of hydrogen-bond donors (Lipinski definition) is 2. The standard InChI is InChI=1S/C23H24N2O8/c1-23(2,3)33-22(31)32-13-7-4-12(5-8-13)6-9-14-15-10-11-24(21(29)30)18-16(15)25(19(18)26)17(14)20(27)28/h4-9,15-16,18H,10-11H2,1-3H3,(H,27,28)(H,29,30)/b9-6+/t15?,16-,18+/m1/s1. The van der Waals surface area contributed by atoms with Gasteiger partial charge in [-0.25, -0.2) is 14.4 Å². The number of allylic oxidation sites excluding steroid dienone is 1. The monoisotopic (exact) mass is 456 g/mol. The van der Waals surface area contributed by atoms with Gasteiger partial charge < -0.3 is 19.7 Å². The number of piperidine rings is 1. The fourth-order valence-electron chi connectivity index (χ4n) is 4.56. The zero-order valence-corrected chi connectivity index (χ0v) is 18.3. The Hall–Kier alpha value is -3.82. The van der Waals surface area contributed by atoms with Crippen LogP contribution in [0, 0.1) is 5.92 Å². The Bertz CT molecular complexity index is 1080. The number of hydrogen-bond acceptors (Lipinski definition) is 6. The first-order valence-electron chi connectivity index (χ1n) is 10.5. The molecule has 10 heteroatoms. The first kappa shape index (κ1) is 22.4. The zero-order chi connectivity index (χ0) is 24.1. The Kier molecular flexibility index (Phi) is 5.39. The van der Waals surface area contributed by atoms with Gasteiger partial charge in [-0.3, -0.25) is 14.6 Å². The lowest BCUT2D eigenvalue weighted by atomic mass is 9.78. The molecule has 2 saturated heterocycles. The molecule has 0 bridgehead atoms. The van der Waals surface area contributed by atoms with Gasteiger partial charge in [-0.15, -0.1) is 0 Å². The van der Waals surface area contributed by atoms with Gasteiger partial charge in [0.2, 0.25) is 0 Å². The van der Waals surface area contributed by atoms with Crippen molar-refractivity contribution < 1.29 is 38.9 Å². The molecule has 0 aromatic heterocycles. The van der Waals surface area contributed by atoms with Crippen molar-refractivity contribution >= 4 is 30.2 Å². The quantitative estimate of drug-likeness (QED) is 0.401. The van der Waals surface area contributed by atoms with Gasteiger partial charge >= 0.3 is 18.2 Å². The molecule has 4 rings (SSSR count). The highest BCUT2D eigenvalue weighted by Gasteiger charge is 2.64. The Labute approximate surface area is 189 Å². The number of aliphatic carboxylic acids is 1. The molecular weight excluding hydrogens is 432 g/mol. The number of rotatable bonds is 4. The zero-order valence-electron chi connectivity index (χ0n) is 18.3. The fourth-order valence-corrected chi connectivity index (χ4v) is 4.56. The van der Waals surface area contributed by atoms with Crippen LogP contribution in [0.3, 0.4) is 0 Å². The van der Waals surface area contributed by atoms with Gasteiger partial charge in [0, 0.05) is 12.5 Å². The predicted octanol–water partition coefficient (Wildman–Crippen LogP) is 2.95. The normalized spacial score (nSPS) is 24.0. The Balaban J connectivity index is 1.52. The van der Waals surface area contributed by atoms with E-state index in [0.717, 1.165) is 10.5 Å². The van der Waals surface area contributed by atoms with Gasteiger partial charge in [-0.05, 0) is 50.5 Å². The molecule has 3 aliphatic rings. The highest BCUT2D eigenvalue weighted by Crippen LogP contribution is 2.49. The van der Waals surface area contributed by atoms with E-state index in [1.54, 1.807) is 57.2 Å². The van der Waals surface area contributed by atoms with Crippen LogP contribution in [0.25, 0.3) is 6.08 Å². The van der Waals surface area contributed by atoms with Crippen LogP contribution < -0.4 is 4.74 Å². The van der Waals surface area contributed by atoms with Crippen molar-refractivity contribution in [3.8, 4) is 5.75 Å². The summed E-state index contributed by atoms with van der Waals surface area (Å²) in [5, 5.41) is 19.1. The van der Waals surface area contributed by atoms with Crippen LogP contribution in [-0.4, -0.2) is 68.4 Å². The van der Waals surface area contributed by atoms with Gasteiger partial charge in [0.25, 0.3) is 5.91 Å². The lowest BCUT2D eigenvalue weighted by Gasteiger charge is -2.52. The maximum absolute atomic E-state index is 12.6. The van der Waals surface area contributed by atoms with E-state index >= 15 is 0 Å². The summed E-state index contributed by atoms with van der Waals surface area (Å²) < 4.78 is 10.2. The van der Waals surface area contributed by atoms with Gasteiger partial charge in [0.15, 0.2) is 0 Å². The second-order valence-electron chi connectivity index (χ2n) is 9.09. The van der Waals surface area contributed by atoms with E-state index in [1.165, 1.54) is 4.90 Å². The number of carboxylic acid groups (broad SMARTS) is 2. The van der Waals surface area contributed by atoms with E-state index < -0.39 is 41.8 Å². The van der Waals surface area contributed by atoms with E-state index in [-0.39, 0.29) is 18.2 Å². The highest BCUT2D eigenvalue weighted by molar-refractivity contribution is 6.03. The number of nitrogens with zero attached hydrogens (tertiary/aromatic N) is 2. The molecule has 3 heterocycles. The molecule has 10 nitrogen and oxygen atoms in total. The highest BCUT2D eigenvalue weighted by atomic mass is 16.7. The van der Waals surface area contributed by atoms with Crippen LogP contribution in [0.1, 0.15) is 32.8 Å². The first-order chi connectivity index (χ1) is 15.5. The van der Waals surface area contributed by atoms with E-state index in [0.29, 0.717) is 17.7 Å². The molecule has 3 atom stereocenters. The van der Waals surface area contributed by atoms with Crippen LogP contribution in [0.15, 0.2) is 41.6 Å². The summed E-state index contributed by atoms with van der Waals surface area (Å²) in [7, 11) is 0. The fraction of sp³-hybridized carbons (Fsp3) is 0.391. The molecule has 1 aromatic rings. The predicted molar refractivity (Wildman–Crippen MR) is 114 cm³/mol. The summed E-state index contributed by atoms with van der Waals surface area (Å²) in [6, 6.07) is 5.24.